The topological polar surface area (TPSA) is 41.1 Å². The van der Waals surface area contributed by atoms with Crippen LogP contribution in [0.2, 0.25) is 0 Å². The number of pyridine rings is 2. The molecule has 1 fully saturated rings. The van der Waals surface area contributed by atoms with E-state index in [0.717, 1.165) is 35.9 Å². The summed E-state index contributed by atoms with van der Waals surface area (Å²) in [6.07, 6.45) is 3.12. The van der Waals surface area contributed by atoms with E-state index in [9.17, 15) is 0 Å². The van der Waals surface area contributed by atoms with E-state index in [4.69, 9.17) is 4.98 Å². The van der Waals surface area contributed by atoms with Crippen molar-refractivity contribution in [3.8, 4) is 11.3 Å². The number of hydrogen-bond donors (Lipinski definition) is 1. The van der Waals surface area contributed by atoms with Gasteiger partial charge in [-0.15, -0.1) is 0 Å². The SMILES string of the molecule is Cc1ccc(-c2nc3c(cc2C)N2CC[C@@H](C2)N3)cn1. The van der Waals surface area contributed by atoms with Crippen molar-refractivity contribution in [1.29, 1.82) is 0 Å². The normalized spacial score (nSPS) is 19.7. The third-order valence-electron chi connectivity index (χ3n) is 4.25. The fourth-order valence-electron chi connectivity index (χ4n) is 3.14. The van der Waals surface area contributed by atoms with Gasteiger partial charge >= 0.3 is 0 Å². The molecule has 0 radical (unpaired) electrons. The van der Waals surface area contributed by atoms with Crippen molar-refractivity contribution >= 4 is 11.5 Å². The Kier molecular flexibility index (Phi) is 2.46. The van der Waals surface area contributed by atoms with Crippen LogP contribution in [-0.2, 0) is 0 Å². The molecule has 4 nitrogen and oxygen atoms in total. The highest BCUT2D eigenvalue weighted by Gasteiger charge is 2.31. The van der Waals surface area contributed by atoms with Crippen LogP contribution in [0.4, 0.5) is 11.5 Å². The highest BCUT2D eigenvalue weighted by atomic mass is 15.3. The van der Waals surface area contributed by atoms with Gasteiger partial charge in [-0.25, -0.2) is 4.98 Å². The minimum absolute atomic E-state index is 0.557. The summed E-state index contributed by atoms with van der Waals surface area (Å²) >= 11 is 0. The van der Waals surface area contributed by atoms with Crippen molar-refractivity contribution in [3.63, 3.8) is 0 Å². The van der Waals surface area contributed by atoms with Gasteiger partial charge in [-0.05, 0) is 44.0 Å². The van der Waals surface area contributed by atoms with Gasteiger partial charge in [-0.2, -0.15) is 0 Å². The lowest BCUT2D eigenvalue weighted by Gasteiger charge is -2.28. The van der Waals surface area contributed by atoms with Crippen molar-refractivity contribution in [2.24, 2.45) is 0 Å². The van der Waals surface area contributed by atoms with Crippen molar-refractivity contribution in [1.82, 2.24) is 9.97 Å². The first-order valence-electron chi connectivity index (χ1n) is 7.17. The number of hydrogen-bond acceptors (Lipinski definition) is 4. The monoisotopic (exact) mass is 266 g/mol. The largest absolute Gasteiger partial charge is 0.366 e. The Morgan fingerprint density at radius 1 is 1.30 bits per heavy atom. The van der Waals surface area contributed by atoms with Crippen LogP contribution in [0.5, 0.6) is 0 Å². The van der Waals surface area contributed by atoms with E-state index >= 15 is 0 Å². The van der Waals surface area contributed by atoms with E-state index in [1.807, 2.05) is 19.2 Å². The van der Waals surface area contributed by atoms with Crippen molar-refractivity contribution in [2.45, 2.75) is 26.3 Å². The lowest BCUT2D eigenvalue weighted by molar-refractivity contribution is 0.788. The smallest absolute Gasteiger partial charge is 0.150 e. The molecule has 2 aliphatic heterocycles. The predicted octanol–water partition coefficient (Wildman–Crippen LogP) is 2.76. The van der Waals surface area contributed by atoms with Crippen LogP contribution in [0.25, 0.3) is 11.3 Å². The first-order chi connectivity index (χ1) is 9.70. The molecule has 20 heavy (non-hydrogen) atoms. The number of nitrogens with zero attached hydrogens (tertiary/aromatic N) is 3. The molecular formula is C16H18N4. The van der Waals surface area contributed by atoms with Crippen LogP contribution in [0, 0.1) is 13.8 Å². The molecule has 2 aliphatic rings. The summed E-state index contributed by atoms with van der Waals surface area (Å²) in [6, 6.07) is 6.95. The predicted molar refractivity (Wildman–Crippen MR) is 81.2 cm³/mol. The van der Waals surface area contributed by atoms with Gasteiger partial charge in [0.15, 0.2) is 5.82 Å². The third-order valence-corrected chi connectivity index (χ3v) is 4.25. The Hall–Kier alpha value is -2.10. The number of rotatable bonds is 1. The highest BCUT2D eigenvalue weighted by molar-refractivity contribution is 5.76. The first-order valence-corrected chi connectivity index (χ1v) is 7.17. The molecule has 2 aromatic heterocycles. The summed E-state index contributed by atoms with van der Waals surface area (Å²) in [5.41, 5.74) is 5.62. The number of fused-ring (bicyclic) bond motifs is 4. The second kappa shape index (κ2) is 4.20. The minimum Gasteiger partial charge on any atom is -0.366 e. The van der Waals surface area contributed by atoms with Gasteiger partial charge < -0.3 is 10.2 Å². The summed E-state index contributed by atoms with van der Waals surface area (Å²) in [5.74, 6) is 1.03. The summed E-state index contributed by atoms with van der Waals surface area (Å²) < 4.78 is 0. The maximum atomic E-state index is 4.86. The molecule has 1 atom stereocenters. The standard InChI is InChI=1S/C16H18N4/c1-10-7-14-16(18-13-5-6-20(14)9-13)19-15(10)12-4-3-11(2)17-8-12/h3-4,7-8,13H,5-6,9H2,1-2H3,(H,18,19)/t13-/m0/s1. The van der Waals surface area contributed by atoms with Gasteiger partial charge in [-0.3, -0.25) is 4.98 Å². The van der Waals surface area contributed by atoms with Gasteiger partial charge in [0.2, 0.25) is 0 Å². The van der Waals surface area contributed by atoms with Crippen LogP contribution in [-0.4, -0.2) is 29.1 Å². The van der Waals surface area contributed by atoms with Gasteiger partial charge in [0.25, 0.3) is 0 Å². The van der Waals surface area contributed by atoms with E-state index in [0.29, 0.717) is 6.04 Å². The fourth-order valence-corrected chi connectivity index (χ4v) is 3.14. The molecule has 2 bridgehead atoms. The molecule has 2 aromatic rings. The van der Waals surface area contributed by atoms with Crippen LogP contribution in [0.15, 0.2) is 24.4 Å². The number of aryl methyl sites for hydroxylation is 2. The quantitative estimate of drug-likeness (QED) is 0.861. The molecular weight excluding hydrogens is 248 g/mol. The van der Waals surface area contributed by atoms with Gasteiger partial charge in [-0.1, -0.05) is 0 Å². The zero-order valence-corrected chi connectivity index (χ0v) is 11.8. The van der Waals surface area contributed by atoms with E-state index in [1.54, 1.807) is 0 Å². The molecule has 4 heteroatoms. The second-order valence-electron chi connectivity index (χ2n) is 5.79. The summed E-state index contributed by atoms with van der Waals surface area (Å²) in [5, 5.41) is 3.56. The Bertz CT molecular complexity index is 663. The Morgan fingerprint density at radius 2 is 2.20 bits per heavy atom. The first kappa shape index (κ1) is 11.7. The van der Waals surface area contributed by atoms with Crippen molar-refractivity contribution in [3.05, 3.63) is 35.7 Å². The second-order valence-corrected chi connectivity index (χ2v) is 5.79. The van der Waals surface area contributed by atoms with Crippen LogP contribution < -0.4 is 10.2 Å². The number of nitrogens with one attached hydrogen (secondary N) is 1. The molecule has 4 rings (SSSR count). The van der Waals surface area contributed by atoms with Gasteiger partial charge in [0, 0.05) is 36.6 Å². The van der Waals surface area contributed by atoms with Crippen LogP contribution in [0.3, 0.4) is 0 Å². The van der Waals surface area contributed by atoms with E-state index in [2.05, 4.69) is 34.3 Å². The lowest BCUT2D eigenvalue weighted by Crippen LogP contribution is -2.32. The third kappa shape index (κ3) is 1.75. The summed E-state index contributed by atoms with van der Waals surface area (Å²) in [4.78, 5) is 11.7. The number of aromatic nitrogens is 2. The molecule has 1 saturated heterocycles. The van der Waals surface area contributed by atoms with Crippen molar-refractivity contribution in [2.75, 3.05) is 23.3 Å². The average molecular weight is 266 g/mol. The molecule has 0 spiro atoms. The maximum absolute atomic E-state index is 4.86. The summed E-state index contributed by atoms with van der Waals surface area (Å²) in [7, 11) is 0. The van der Waals surface area contributed by atoms with Gasteiger partial charge in [0.1, 0.15) is 0 Å². The lowest BCUT2D eigenvalue weighted by atomic mass is 10.1. The van der Waals surface area contributed by atoms with E-state index in [1.165, 1.54) is 17.7 Å². The highest BCUT2D eigenvalue weighted by Crippen LogP contribution is 2.37. The molecule has 0 aromatic carbocycles. The van der Waals surface area contributed by atoms with Crippen molar-refractivity contribution < 1.29 is 0 Å². The fraction of sp³-hybridized carbons (Fsp3) is 0.375. The molecule has 0 unspecified atom stereocenters. The minimum atomic E-state index is 0.557. The van der Waals surface area contributed by atoms with E-state index < -0.39 is 0 Å². The summed E-state index contributed by atoms with van der Waals surface area (Å²) in [6.45, 7) is 6.38. The van der Waals surface area contributed by atoms with Gasteiger partial charge in [0.05, 0.1) is 11.4 Å². The zero-order valence-electron chi connectivity index (χ0n) is 11.8. The van der Waals surface area contributed by atoms with Crippen LogP contribution >= 0.6 is 0 Å². The average Bonchev–Trinajstić information content (AvgIpc) is 2.84. The Balaban J connectivity index is 1.82. The molecule has 102 valence electrons. The zero-order chi connectivity index (χ0) is 13.7. The van der Waals surface area contributed by atoms with E-state index in [-0.39, 0.29) is 0 Å². The molecule has 0 aliphatic carbocycles. The van der Waals surface area contributed by atoms with Crippen LogP contribution in [0.1, 0.15) is 17.7 Å². The molecule has 4 heterocycles. The molecule has 1 N–H and O–H groups in total. The number of anilines is 2. The maximum Gasteiger partial charge on any atom is 0.150 e. The molecule has 0 saturated carbocycles. The Morgan fingerprint density at radius 3 is 3.00 bits per heavy atom. The Labute approximate surface area is 118 Å². The molecule has 0 amide bonds.